The van der Waals surface area contributed by atoms with Gasteiger partial charge in [0, 0.05) is 24.7 Å². The van der Waals surface area contributed by atoms with Crippen LogP contribution in [0.2, 0.25) is 0 Å². The highest BCUT2D eigenvalue weighted by Crippen LogP contribution is 2.54. The Labute approximate surface area is 453 Å². The second-order valence-electron chi connectivity index (χ2n) is 29.6. The molecule has 2 unspecified atom stereocenters. The Balaban J connectivity index is 1.77. The fourth-order valence-electron chi connectivity index (χ4n) is 13.2. The highest BCUT2D eigenvalue weighted by atomic mass is 16.7. The van der Waals surface area contributed by atoms with Crippen molar-refractivity contribution < 1.29 is 48.5 Å². The smallest absolute Gasteiger partial charge is 0.322 e. The third-order valence-corrected chi connectivity index (χ3v) is 16.8. The molecule has 2 heterocycles. The molecule has 12 nitrogen and oxygen atoms in total. The number of rotatable bonds is 16. The molecule has 4 rings (SSSR count). The minimum absolute atomic E-state index is 0.0209. The molecule has 424 valence electrons. The topological polar surface area (TPSA) is 152 Å². The first kappa shape index (κ1) is 63.4. The largest absolute Gasteiger partial charge is 0.507 e. The molecule has 0 amide bonds. The summed E-state index contributed by atoms with van der Waals surface area (Å²) in [4.78, 5) is 65.3. The molecular weight excluding hydrogens is 945 g/mol. The maximum Gasteiger partial charge on any atom is 0.322 e. The highest BCUT2D eigenvalue weighted by Gasteiger charge is 2.55. The fourth-order valence-corrected chi connectivity index (χ4v) is 13.2. The van der Waals surface area contributed by atoms with Crippen molar-refractivity contribution >= 4 is 23.9 Å². The van der Waals surface area contributed by atoms with Gasteiger partial charge in [-0.25, -0.2) is 0 Å². The number of carbonyl (C=O) groups is 4. The molecule has 0 bridgehead atoms. The van der Waals surface area contributed by atoms with E-state index < -0.39 is 51.3 Å². The van der Waals surface area contributed by atoms with E-state index in [4.69, 9.17) is 19.1 Å². The summed E-state index contributed by atoms with van der Waals surface area (Å²) in [6.07, 6.45) is 4.30. The van der Waals surface area contributed by atoms with E-state index in [0.29, 0.717) is 62.9 Å². The Morgan fingerprint density at radius 1 is 0.493 bits per heavy atom. The molecule has 12 heteroatoms. The summed E-state index contributed by atoms with van der Waals surface area (Å²) in [5, 5.41) is 27.1. The quantitative estimate of drug-likeness (QED) is 0.122. The molecule has 2 aromatic rings. The van der Waals surface area contributed by atoms with Gasteiger partial charge in [-0.3, -0.25) is 19.2 Å². The number of nitrogens with zero attached hydrogens (tertiary/aromatic N) is 2. The number of esters is 2. The number of phenolic OH excluding ortho intramolecular Hbond substituents is 2. The Kier molecular flexibility index (Phi) is 18.5. The molecular formula is C63H102N2O10. The van der Waals surface area contributed by atoms with Gasteiger partial charge in [0.1, 0.15) is 17.9 Å². The lowest BCUT2D eigenvalue weighted by atomic mass is 9.60. The van der Waals surface area contributed by atoms with Gasteiger partial charge in [-0.1, -0.05) is 121 Å². The lowest BCUT2D eigenvalue weighted by Crippen LogP contribution is -2.63. The zero-order valence-electron chi connectivity index (χ0n) is 51.3. The van der Waals surface area contributed by atoms with Crippen molar-refractivity contribution in [3.63, 3.8) is 0 Å². The fraction of sp³-hybridized carbons (Fsp3) is 0.746. The molecule has 0 aromatic heterocycles. The number of hydrogen-bond donors (Lipinski definition) is 2. The molecule has 2 fully saturated rings. The Morgan fingerprint density at radius 2 is 0.733 bits per heavy atom. The normalized spacial score (nSPS) is 20.4. The van der Waals surface area contributed by atoms with Crippen LogP contribution in [0, 0.1) is 22.7 Å². The maximum atomic E-state index is 14.3. The van der Waals surface area contributed by atoms with Gasteiger partial charge < -0.3 is 29.4 Å². The summed E-state index contributed by atoms with van der Waals surface area (Å²) in [6.45, 7) is 49.0. The molecule has 2 aliphatic heterocycles. The molecule has 2 atom stereocenters. The number of ether oxygens (including phenoxy) is 2. The first-order valence-corrected chi connectivity index (χ1v) is 27.8. The van der Waals surface area contributed by atoms with Gasteiger partial charge in [-0.2, -0.15) is 0 Å². The van der Waals surface area contributed by atoms with Crippen molar-refractivity contribution in [3.8, 4) is 11.5 Å². The van der Waals surface area contributed by atoms with E-state index in [1.54, 1.807) is 0 Å². The number of phenols is 2. The number of piperidine rings is 2. The van der Waals surface area contributed by atoms with Gasteiger partial charge in [0.25, 0.3) is 0 Å². The first-order valence-electron chi connectivity index (χ1n) is 27.8. The molecule has 2 N–H and O–H groups in total. The maximum absolute atomic E-state index is 14.3. The van der Waals surface area contributed by atoms with Crippen molar-refractivity contribution in [3.05, 3.63) is 57.6 Å². The standard InChI is InChI=1S/C63H102N2O10/c1-25-62(44-34-58(17,18)64(74-40(3)66)59(19,20)35-44,32-42-27-46(54(5,6)7)52(70)47(28-42)55(8,9)10)38-72-50(68)31-51(69)73-39-63(26-2,45-36-60(21,22)65(75-41(4)67)61(23,24)37-45)33-43-29-48(56(11,12)13)53(71)49(30-43)57(14,15)16/h27-30,44-45,70-71H,25-26,31-39H2,1-24H3. The lowest BCUT2D eigenvalue weighted by Gasteiger charge is -2.57. The third kappa shape index (κ3) is 14.7. The summed E-state index contributed by atoms with van der Waals surface area (Å²) in [7, 11) is 0. The minimum atomic E-state index is -0.674. The van der Waals surface area contributed by atoms with Crippen LogP contribution in [0.25, 0.3) is 0 Å². The molecule has 75 heavy (non-hydrogen) atoms. The summed E-state index contributed by atoms with van der Waals surface area (Å²) in [6, 6.07) is 8.42. The zero-order chi connectivity index (χ0) is 57.7. The molecule has 2 aromatic carbocycles. The summed E-state index contributed by atoms with van der Waals surface area (Å²) in [5.74, 6) is -1.57. The third-order valence-electron chi connectivity index (χ3n) is 16.8. The number of benzene rings is 2. The first-order chi connectivity index (χ1) is 33.8. The molecule has 0 aliphatic carbocycles. The van der Waals surface area contributed by atoms with E-state index in [0.717, 1.165) is 33.4 Å². The Bertz CT molecular complexity index is 2130. The van der Waals surface area contributed by atoms with Crippen LogP contribution >= 0.6 is 0 Å². The van der Waals surface area contributed by atoms with Crippen molar-refractivity contribution in [1.82, 2.24) is 10.1 Å². The summed E-state index contributed by atoms with van der Waals surface area (Å²) in [5.41, 5.74) is 0.419. The van der Waals surface area contributed by atoms with Crippen molar-refractivity contribution in [1.29, 1.82) is 0 Å². The van der Waals surface area contributed by atoms with Gasteiger partial charge in [0.2, 0.25) is 0 Å². The van der Waals surface area contributed by atoms with E-state index in [9.17, 15) is 29.4 Å². The zero-order valence-corrected chi connectivity index (χ0v) is 51.3. The lowest BCUT2D eigenvalue weighted by molar-refractivity contribution is -0.277. The molecule has 0 spiro atoms. The second-order valence-corrected chi connectivity index (χ2v) is 29.6. The molecule has 2 aliphatic rings. The monoisotopic (exact) mass is 1050 g/mol. The SMILES string of the molecule is CCC(COC(=O)CC(=O)OCC(CC)(Cc1cc(C(C)(C)C)c(O)c(C(C)(C)C)c1)C1CC(C)(C)N(OC(C)=O)C(C)(C)C1)(Cc1cc(C(C)(C)C)c(O)c(C(C)(C)C)c1)C1CC(C)(C)N(OC(C)=O)C(C)(C)C1. The number of carbonyl (C=O) groups excluding carboxylic acids is 4. The van der Waals surface area contributed by atoms with Gasteiger partial charge in [0.15, 0.2) is 0 Å². The Hall–Kier alpha value is -4.16. The van der Waals surface area contributed by atoms with E-state index in [1.807, 2.05) is 10.1 Å². The predicted molar refractivity (Wildman–Crippen MR) is 299 cm³/mol. The van der Waals surface area contributed by atoms with Crippen LogP contribution < -0.4 is 0 Å². The molecule has 2 saturated heterocycles. The molecule has 0 saturated carbocycles. The van der Waals surface area contributed by atoms with Crippen LogP contribution in [0.5, 0.6) is 11.5 Å². The van der Waals surface area contributed by atoms with Crippen LogP contribution in [-0.4, -0.2) is 79.6 Å². The van der Waals surface area contributed by atoms with Crippen molar-refractivity contribution in [2.75, 3.05) is 13.2 Å². The van der Waals surface area contributed by atoms with E-state index in [1.165, 1.54) is 13.8 Å². The van der Waals surface area contributed by atoms with Gasteiger partial charge in [-0.15, -0.1) is 10.1 Å². The number of aromatic hydroxyl groups is 2. The van der Waals surface area contributed by atoms with Crippen molar-refractivity contribution in [2.45, 2.75) is 268 Å². The number of hydrogen-bond acceptors (Lipinski definition) is 12. The average Bonchev–Trinajstić information content (AvgIpc) is 3.22. The summed E-state index contributed by atoms with van der Waals surface area (Å²) >= 11 is 0. The second kappa shape index (κ2) is 21.9. The number of hydroxylamine groups is 4. The van der Waals surface area contributed by atoms with Crippen molar-refractivity contribution in [2.24, 2.45) is 22.7 Å². The van der Waals surface area contributed by atoms with E-state index in [2.05, 4.69) is 177 Å². The van der Waals surface area contributed by atoms with Crippen LogP contribution in [0.1, 0.15) is 244 Å². The minimum Gasteiger partial charge on any atom is -0.507 e. The Morgan fingerprint density at radius 3 is 0.933 bits per heavy atom. The van der Waals surface area contributed by atoms with Gasteiger partial charge in [-0.05, 0) is 174 Å². The van der Waals surface area contributed by atoms with E-state index in [-0.39, 0.29) is 58.6 Å². The average molecular weight is 1050 g/mol. The predicted octanol–water partition coefficient (Wildman–Crippen LogP) is 13.8. The van der Waals surface area contributed by atoms with Crippen LogP contribution in [0.15, 0.2) is 24.3 Å². The van der Waals surface area contributed by atoms with Crippen LogP contribution in [0.3, 0.4) is 0 Å². The molecule has 0 radical (unpaired) electrons. The van der Waals surface area contributed by atoms with Gasteiger partial charge >= 0.3 is 23.9 Å². The van der Waals surface area contributed by atoms with Gasteiger partial charge in [0.05, 0.1) is 35.4 Å². The summed E-state index contributed by atoms with van der Waals surface area (Å²) < 4.78 is 12.7. The van der Waals surface area contributed by atoms with Crippen LogP contribution in [0.4, 0.5) is 0 Å². The van der Waals surface area contributed by atoms with Crippen LogP contribution in [-0.2, 0) is 72.8 Å². The van der Waals surface area contributed by atoms with E-state index >= 15 is 0 Å². The highest BCUT2D eigenvalue weighted by molar-refractivity contribution is 5.91.